The number of amides is 3. The SMILES string of the molecule is NC(N)=NCCCC(=O)N[C@H]1CCCN(CC(=O)N[C@@H](CCCN=C(N)N)C(=O)c2nccs2)C1=O. The number of nitrogens with two attached hydrogens (primary N) is 4. The molecule has 0 saturated carbocycles. The fraction of sp³-hybridized carbons (Fsp3) is 0.571. The Morgan fingerprint density at radius 2 is 1.81 bits per heavy atom. The monoisotopic (exact) mass is 522 g/mol. The molecular weight excluding hydrogens is 488 g/mol. The molecule has 1 fully saturated rings. The molecule has 3 amide bonds. The van der Waals surface area contributed by atoms with Crippen LogP contribution in [0.5, 0.6) is 0 Å². The van der Waals surface area contributed by atoms with Gasteiger partial charge in [-0.05, 0) is 32.1 Å². The van der Waals surface area contributed by atoms with Crippen LogP contribution in [0.3, 0.4) is 0 Å². The fourth-order valence-electron chi connectivity index (χ4n) is 3.63. The summed E-state index contributed by atoms with van der Waals surface area (Å²) in [5, 5.41) is 7.38. The fourth-order valence-corrected chi connectivity index (χ4v) is 4.26. The lowest BCUT2D eigenvalue weighted by atomic mass is 10.0. The first-order valence-electron chi connectivity index (χ1n) is 11.6. The topological polar surface area (TPSA) is 237 Å². The van der Waals surface area contributed by atoms with Gasteiger partial charge in [0.2, 0.25) is 23.5 Å². The van der Waals surface area contributed by atoms with Crippen molar-refractivity contribution < 1.29 is 19.2 Å². The first-order chi connectivity index (χ1) is 17.2. The smallest absolute Gasteiger partial charge is 0.245 e. The Hall–Kier alpha value is -3.75. The molecule has 2 rings (SSSR count). The van der Waals surface area contributed by atoms with Crippen molar-refractivity contribution in [1.29, 1.82) is 0 Å². The van der Waals surface area contributed by atoms with Gasteiger partial charge in [-0.25, -0.2) is 4.98 Å². The molecule has 198 valence electrons. The average molecular weight is 523 g/mol. The van der Waals surface area contributed by atoms with Crippen molar-refractivity contribution >= 4 is 46.8 Å². The number of likely N-dealkylation sites (tertiary alicyclic amines) is 1. The van der Waals surface area contributed by atoms with E-state index in [0.29, 0.717) is 51.7 Å². The summed E-state index contributed by atoms with van der Waals surface area (Å²) < 4.78 is 0. The zero-order chi connectivity index (χ0) is 26.5. The third-order valence-corrected chi connectivity index (χ3v) is 6.08. The number of nitrogens with one attached hydrogen (secondary N) is 2. The third-order valence-electron chi connectivity index (χ3n) is 5.30. The number of piperidine rings is 1. The number of Topliss-reactive ketones (excluding diaryl/α,β-unsaturated/α-hetero) is 1. The van der Waals surface area contributed by atoms with Crippen molar-refractivity contribution in [1.82, 2.24) is 20.5 Å². The van der Waals surface area contributed by atoms with E-state index in [1.54, 1.807) is 5.38 Å². The van der Waals surface area contributed by atoms with Gasteiger partial charge in [-0.15, -0.1) is 11.3 Å². The van der Waals surface area contributed by atoms with Crippen LogP contribution in [-0.2, 0) is 14.4 Å². The minimum Gasteiger partial charge on any atom is -0.370 e. The molecule has 0 aliphatic carbocycles. The number of thiazole rings is 1. The molecule has 0 spiro atoms. The normalized spacial score (nSPS) is 16.1. The molecule has 1 aliphatic heterocycles. The summed E-state index contributed by atoms with van der Waals surface area (Å²) in [6.45, 7) is 0.759. The zero-order valence-electron chi connectivity index (χ0n) is 20.0. The molecule has 0 unspecified atom stereocenters. The molecule has 0 radical (unpaired) electrons. The minimum absolute atomic E-state index is 0.0452. The van der Waals surface area contributed by atoms with Gasteiger partial charge in [0.1, 0.15) is 6.04 Å². The van der Waals surface area contributed by atoms with Gasteiger partial charge in [-0.2, -0.15) is 0 Å². The van der Waals surface area contributed by atoms with Crippen LogP contribution in [0.15, 0.2) is 21.6 Å². The van der Waals surface area contributed by atoms with Gasteiger partial charge in [0.05, 0.1) is 12.6 Å². The summed E-state index contributed by atoms with van der Waals surface area (Å²) in [6.07, 6.45) is 3.98. The third kappa shape index (κ3) is 9.85. The van der Waals surface area contributed by atoms with Crippen LogP contribution < -0.4 is 33.6 Å². The van der Waals surface area contributed by atoms with Gasteiger partial charge in [-0.1, -0.05) is 0 Å². The van der Waals surface area contributed by atoms with Crippen molar-refractivity contribution in [3.8, 4) is 0 Å². The lowest BCUT2D eigenvalue weighted by Gasteiger charge is -2.32. The second-order valence-electron chi connectivity index (χ2n) is 8.20. The molecule has 1 aromatic heterocycles. The van der Waals surface area contributed by atoms with Crippen LogP contribution in [-0.4, -0.2) is 83.6 Å². The number of guanidine groups is 2. The molecule has 0 aromatic carbocycles. The maximum absolute atomic E-state index is 12.9. The predicted molar refractivity (Wildman–Crippen MR) is 136 cm³/mol. The van der Waals surface area contributed by atoms with Crippen LogP contribution in [0.4, 0.5) is 0 Å². The molecule has 1 aliphatic rings. The summed E-state index contributed by atoms with van der Waals surface area (Å²) in [6, 6.07) is -1.55. The number of hydrogen-bond acceptors (Lipinski definition) is 8. The van der Waals surface area contributed by atoms with Crippen LogP contribution in [0, 0.1) is 0 Å². The molecule has 10 N–H and O–H groups in total. The number of nitrogens with zero attached hydrogens (tertiary/aromatic N) is 4. The molecular formula is C21H34N10O4S. The van der Waals surface area contributed by atoms with Gasteiger partial charge in [0.25, 0.3) is 0 Å². The Bertz CT molecular complexity index is 958. The Morgan fingerprint density at radius 1 is 1.11 bits per heavy atom. The van der Waals surface area contributed by atoms with Gasteiger partial charge in [0, 0.05) is 37.6 Å². The summed E-state index contributed by atoms with van der Waals surface area (Å²) in [5.74, 6) is -1.54. The molecule has 14 nitrogen and oxygen atoms in total. The quantitative estimate of drug-likeness (QED) is 0.0686. The Morgan fingerprint density at radius 3 is 2.44 bits per heavy atom. The number of rotatable bonds is 14. The van der Waals surface area contributed by atoms with E-state index in [4.69, 9.17) is 22.9 Å². The van der Waals surface area contributed by atoms with Gasteiger partial charge < -0.3 is 38.5 Å². The van der Waals surface area contributed by atoms with Crippen LogP contribution in [0.1, 0.15) is 48.3 Å². The Balaban J connectivity index is 1.91. The van der Waals surface area contributed by atoms with E-state index >= 15 is 0 Å². The molecule has 15 heteroatoms. The van der Waals surface area contributed by atoms with E-state index < -0.39 is 18.0 Å². The standard InChI is InChI=1S/C21H34N10O4S/c22-20(23)27-7-1-4-13(17(34)18-26-9-11-36-18)29-16(33)12-31-10-3-5-14(19(31)35)30-15(32)6-2-8-28-21(24)25/h9,11,13-14H,1-8,10,12H2,(H,29,33)(H,30,32)(H4,22,23,27)(H4,24,25,28)/t13-,14-/m0/s1. The number of carbonyl (C=O) groups is 4. The number of ketones is 1. The molecule has 2 atom stereocenters. The Kier molecular flexibility index (Phi) is 11.6. The van der Waals surface area contributed by atoms with Gasteiger partial charge in [-0.3, -0.25) is 29.2 Å². The lowest BCUT2D eigenvalue weighted by Crippen LogP contribution is -2.55. The lowest BCUT2D eigenvalue weighted by molar-refractivity contribution is -0.141. The van der Waals surface area contributed by atoms with Crippen molar-refractivity contribution in [3.05, 3.63) is 16.6 Å². The molecule has 1 saturated heterocycles. The van der Waals surface area contributed by atoms with Crippen molar-refractivity contribution in [3.63, 3.8) is 0 Å². The van der Waals surface area contributed by atoms with Crippen molar-refractivity contribution in [2.45, 2.75) is 50.6 Å². The highest BCUT2D eigenvalue weighted by atomic mass is 32.1. The van der Waals surface area contributed by atoms with Crippen molar-refractivity contribution in [2.24, 2.45) is 32.9 Å². The molecule has 2 heterocycles. The highest BCUT2D eigenvalue weighted by molar-refractivity contribution is 7.11. The molecule has 0 bridgehead atoms. The van der Waals surface area contributed by atoms with E-state index in [2.05, 4.69) is 25.6 Å². The maximum Gasteiger partial charge on any atom is 0.245 e. The maximum atomic E-state index is 12.9. The van der Waals surface area contributed by atoms with Crippen LogP contribution in [0.25, 0.3) is 0 Å². The van der Waals surface area contributed by atoms with Gasteiger partial charge >= 0.3 is 0 Å². The second-order valence-corrected chi connectivity index (χ2v) is 9.10. The first-order valence-corrected chi connectivity index (χ1v) is 12.5. The highest BCUT2D eigenvalue weighted by Crippen LogP contribution is 2.14. The average Bonchev–Trinajstić information content (AvgIpc) is 3.35. The summed E-state index contributed by atoms with van der Waals surface area (Å²) in [7, 11) is 0. The van der Waals surface area contributed by atoms with Crippen molar-refractivity contribution in [2.75, 3.05) is 26.2 Å². The summed E-state index contributed by atoms with van der Waals surface area (Å²) in [5.41, 5.74) is 21.2. The number of aliphatic imine (C=N–C) groups is 2. The van der Waals surface area contributed by atoms with E-state index in [9.17, 15) is 19.2 Å². The second kappa shape index (κ2) is 14.6. The number of hydrogen-bond donors (Lipinski definition) is 6. The van der Waals surface area contributed by atoms with E-state index in [1.807, 2.05) is 0 Å². The number of aromatic nitrogens is 1. The largest absolute Gasteiger partial charge is 0.370 e. The van der Waals surface area contributed by atoms with Gasteiger partial charge in [0.15, 0.2) is 16.9 Å². The summed E-state index contributed by atoms with van der Waals surface area (Å²) >= 11 is 1.18. The van der Waals surface area contributed by atoms with E-state index in [0.717, 1.165) is 0 Å². The summed E-state index contributed by atoms with van der Waals surface area (Å²) in [4.78, 5) is 63.8. The predicted octanol–water partition coefficient (Wildman–Crippen LogP) is -1.97. The first kappa shape index (κ1) is 28.5. The van der Waals surface area contributed by atoms with E-state index in [1.165, 1.54) is 22.4 Å². The zero-order valence-corrected chi connectivity index (χ0v) is 20.8. The van der Waals surface area contributed by atoms with Crippen LogP contribution >= 0.6 is 11.3 Å². The van der Waals surface area contributed by atoms with E-state index in [-0.39, 0.29) is 47.5 Å². The number of carbonyl (C=O) groups excluding carboxylic acids is 4. The minimum atomic E-state index is -0.835. The van der Waals surface area contributed by atoms with Crippen LogP contribution in [0.2, 0.25) is 0 Å². The highest BCUT2D eigenvalue weighted by Gasteiger charge is 2.32. The molecule has 36 heavy (non-hydrogen) atoms. The molecule has 1 aromatic rings. The Labute approximate surface area is 213 Å².